The summed E-state index contributed by atoms with van der Waals surface area (Å²) in [6.45, 7) is 3.08. The van der Waals surface area contributed by atoms with Crippen LogP contribution in [0.15, 0.2) is 24.3 Å². The topological polar surface area (TPSA) is 42.1 Å². The minimum absolute atomic E-state index is 0.883. The molecule has 0 amide bonds. The van der Waals surface area contributed by atoms with Crippen molar-refractivity contribution < 1.29 is 0 Å². The Kier molecular flexibility index (Phi) is 3.74. The van der Waals surface area contributed by atoms with E-state index < -0.39 is 0 Å². The van der Waals surface area contributed by atoms with Crippen LogP contribution in [0.2, 0.25) is 0 Å². The molecule has 0 fully saturated rings. The number of hydrogen-bond acceptors (Lipinski definition) is 4. The van der Waals surface area contributed by atoms with Gasteiger partial charge in [0.1, 0.15) is 0 Å². The molecular formula is C12H17N3S. The maximum absolute atomic E-state index is 5.98. The minimum atomic E-state index is 0.883. The maximum atomic E-state index is 5.98. The number of para-hydroxylation sites is 1. The number of fused-ring (bicyclic) bond motifs is 1. The second-order valence-corrected chi connectivity index (χ2v) is 4.87. The molecule has 0 spiro atoms. The summed E-state index contributed by atoms with van der Waals surface area (Å²) in [6, 6.07) is 8.14. The molecule has 0 aliphatic heterocycles. The summed E-state index contributed by atoms with van der Waals surface area (Å²) < 4.78 is 1.20. The zero-order valence-electron chi connectivity index (χ0n) is 9.52. The molecule has 1 aromatic heterocycles. The molecular weight excluding hydrogens is 218 g/mol. The van der Waals surface area contributed by atoms with Gasteiger partial charge in [-0.2, -0.15) is 0 Å². The first-order chi connectivity index (χ1) is 7.81. The van der Waals surface area contributed by atoms with Gasteiger partial charge in [-0.1, -0.05) is 43.2 Å². The van der Waals surface area contributed by atoms with Crippen LogP contribution in [0, 0.1) is 0 Å². The molecule has 1 aromatic carbocycles. The molecule has 4 heteroatoms. The van der Waals surface area contributed by atoms with Gasteiger partial charge < -0.3 is 0 Å². The highest BCUT2D eigenvalue weighted by Crippen LogP contribution is 2.27. The van der Waals surface area contributed by atoms with Gasteiger partial charge in [-0.05, 0) is 18.6 Å². The highest BCUT2D eigenvalue weighted by molar-refractivity contribution is 7.22. The second-order valence-electron chi connectivity index (χ2n) is 3.86. The van der Waals surface area contributed by atoms with E-state index in [-0.39, 0.29) is 0 Å². The Bertz CT molecular complexity index is 419. The lowest BCUT2D eigenvalue weighted by molar-refractivity contribution is 0.687. The Morgan fingerprint density at radius 2 is 2.12 bits per heavy atom. The maximum Gasteiger partial charge on any atom is 0.200 e. The number of thiazole rings is 1. The molecule has 0 aliphatic carbocycles. The molecule has 0 radical (unpaired) electrons. The Hall–Kier alpha value is -1.13. The van der Waals surface area contributed by atoms with Crippen molar-refractivity contribution in [1.29, 1.82) is 0 Å². The van der Waals surface area contributed by atoms with Gasteiger partial charge >= 0.3 is 0 Å². The highest BCUT2D eigenvalue weighted by Gasteiger charge is 2.07. The van der Waals surface area contributed by atoms with Crippen molar-refractivity contribution in [3.05, 3.63) is 24.3 Å². The van der Waals surface area contributed by atoms with Crippen LogP contribution < -0.4 is 10.9 Å². The smallest absolute Gasteiger partial charge is 0.200 e. The number of aromatic nitrogens is 1. The van der Waals surface area contributed by atoms with Gasteiger partial charge in [-0.3, -0.25) is 5.01 Å². The Labute approximate surface area is 99.9 Å². The van der Waals surface area contributed by atoms with E-state index in [1.807, 2.05) is 18.2 Å². The molecule has 0 saturated carbocycles. The summed E-state index contributed by atoms with van der Waals surface area (Å²) in [4.78, 5) is 4.51. The zero-order chi connectivity index (χ0) is 11.4. The van der Waals surface area contributed by atoms with Crippen molar-refractivity contribution in [2.45, 2.75) is 26.2 Å². The number of hydrazine groups is 1. The Morgan fingerprint density at radius 1 is 1.31 bits per heavy atom. The lowest BCUT2D eigenvalue weighted by Gasteiger charge is -2.14. The Balaban J connectivity index is 2.07. The largest absolute Gasteiger partial charge is 0.286 e. The van der Waals surface area contributed by atoms with Gasteiger partial charge in [0.15, 0.2) is 0 Å². The van der Waals surface area contributed by atoms with Crippen LogP contribution in [-0.4, -0.2) is 11.5 Å². The van der Waals surface area contributed by atoms with Crippen LogP contribution in [0.1, 0.15) is 26.2 Å². The number of unbranched alkanes of at least 4 members (excludes halogenated alkanes) is 2. The number of hydrogen-bond donors (Lipinski definition) is 1. The third kappa shape index (κ3) is 2.51. The molecule has 2 rings (SSSR count). The van der Waals surface area contributed by atoms with E-state index in [0.717, 1.165) is 23.6 Å². The van der Waals surface area contributed by atoms with E-state index in [2.05, 4.69) is 18.0 Å². The number of rotatable bonds is 5. The SMILES string of the molecule is CCCCCN(N)c1nc2ccccc2s1. The van der Waals surface area contributed by atoms with E-state index in [9.17, 15) is 0 Å². The first-order valence-electron chi connectivity index (χ1n) is 5.69. The van der Waals surface area contributed by atoms with Gasteiger partial charge in [0.05, 0.1) is 10.2 Å². The van der Waals surface area contributed by atoms with Crippen LogP contribution in [0.25, 0.3) is 10.2 Å². The molecule has 0 saturated heterocycles. The average Bonchev–Trinajstić information content (AvgIpc) is 2.73. The molecule has 2 aromatic rings. The molecule has 0 atom stereocenters. The summed E-state index contributed by atoms with van der Waals surface area (Å²) >= 11 is 1.65. The fourth-order valence-electron chi connectivity index (χ4n) is 1.61. The molecule has 0 aliphatic rings. The summed E-state index contributed by atoms with van der Waals surface area (Å²) in [5.41, 5.74) is 1.04. The minimum Gasteiger partial charge on any atom is -0.286 e. The fourth-order valence-corrected chi connectivity index (χ4v) is 2.52. The lowest BCUT2D eigenvalue weighted by Crippen LogP contribution is -2.31. The second kappa shape index (κ2) is 5.27. The monoisotopic (exact) mass is 235 g/mol. The molecule has 2 N–H and O–H groups in total. The highest BCUT2D eigenvalue weighted by atomic mass is 32.1. The van der Waals surface area contributed by atoms with Crippen LogP contribution >= 0.6 is 11.3 Å². The number of benzene rings is 1. The van der Waals surface area contributed by atoms with Gasteiger partial charge in [0, 0.05) is 6.54 Å². The van der Waals surface area contributed by atoms with Crippen LogP contribution in [-0.2, 0) is 0 Å². The van der Waals surface area contributed by atoms with Gasteiger partial charge in [0.25, 0.3) is 0 Å². The van der Waals surface area contributed by atoms with E-state index in [0.29, 0.717) is 0 Å². The van der Waals surface area contributed by atoms with E-state index in [1.165, 1.54) is 17.5 Å². The fraction of sp³-hybridized carbons (Fsp3) is 0.417. The van der Waals surface area contributed by atoms with E-state index in [1.54, 1.807) is 16.3 Å². The summed E-state index contributed by atoms with van der Waals surface area (Å²) in [6.07, 6.45) is 3.56. The first-order valence-corrected chi connectivity index (χ1v) is 6.50. The molecule has 3 nitrogen and oxygen atoms in total. The van der Waals surface area contributed by atoms with Crippen molar-refractivity contribution in [2.75, 3.05) is 11.6 Å². The van der Waals surface area contributed by atoms with Crippen molar-refractivity contribution in [1.82, 2.24) is 4.98 Å². The predicted octanol–water partition coefficient (Wildman–Crippen LogP) is 3.17. The van der Waals surface area contributed by atoms with Crippen molar-refractivity contribution in [3.63, 3.8) is 0 Å². The molecule has 0 bridgehead atoms. The summed E-state index contributed by atoms with van der Waals surface area (Å²) in [5.74, 6) is 5.98. The van der Waals surface area contributed by atoms with Gasteiger partial charge in [-0.25, -0.2) is 10.8 Å². The van der Waals surface area contributed by atoms with Gasteiger partial charge in [0.2, 0.25) is 5.13 Å². The lowest BCUT2D eigenvalue weighted by atomic mass is 10.2. The molecule has 0 unspecified atom stereocenters. The quantitative estimate of drug-likeness (QED) is 0.492. The van der Waals surface area contributed by atoms with E-state index in [4.69, 9.17) is 5.84 Å². The third-order valence-corrected chi connectivity index (χ3v) is 3.60. The third-order valence-electron chi connectivity index (χ3n) is 2.53. The standard InChI is InChI=1S/C12H17N3S/c1-2-3-6-9-15(13)12-14-10-7-4-5-8-11(10)16-12/h4-5,7-8H,2-3,6,9,13H2,1H3. The predicted molar refractivity (Wildman–Crippen MR) is 70.7 cm³/mol. The number of anilines is 1. The zero-order valence-corrected chi connectivity index (χ0v) is 10.3. The van der Waals surface area contributed by atoms with Crippen molar-refractivity contribution in [3.8, 4) is 0 Å². The number of nitrogens with two attached hydrogens (primary N) is 1. The number of nitrogens with zero attached hydrogens (tertiary/aromatic N) is 2. The average molecular weight is 235 g/mol. The molecule has 1 heterocycles. The molecule has 16 heavy (non-hydrogen) atoms. The van der Waals surface area contributed by atoms with Gasteiger partial charge in [-0.15, -0.1) is 0 Å². The summed E-state index contributed by atoms with van der Waals surface area (Å²) in [5, 5.41) is 2.68. The summed E-state index contributed by atoms with van der Waals surface area (Å²) in [7, 11) is 0. The van der Waals surface area contributed by atoms with E-state index >= 15 is 0 Å². The first kappa shape index (κ1) is 11.4. The van der Waals surface area contributed by atoms with Crippen LogP contribution in [0.5, 0.6) is 0 Å². The van der Waals surface area contributed by atoms with Crippen LogP contribution in [0.4, 0.5) is 5.13 Å². The normalized spacial score (nSPS) is 10.9. The van der Waals surface area contributed by atoms with Crippen LogP contribution in [0.3, 0.4) is 0 Å². The molecule has 86 valence electrons. The van der Waals surface area contributed by atoms with Crippen molar-refractivity contribution >= 4 is 26.7 Å². The van der Waals surface area contributed by atoms with Crippen molar-refractivity contribution in [2.24, 2.45) is 5.84 Å². The Morgan fingerprint density at radius 3 is 2.88 bits per heavy atom.